The summed E-state index contributed by atoms with van der Waals surface area (Å²) >= 11 is 8.17. The molecule has 1 aliphatic carbocycles. The molecule has 0 spiro atoms. The standard InChI is InChI=1S/C13H13ClINO3/c14-10-6-7(15)4-5-11(10)16-12(17)8-2-1-3-9(8)13(18)19/h4-6,8-9H,1-3H2,(H,16,17)(H,18,19). The number of carboxylic acids is 1. The predicted molar refractivity (Wildman–Crippen MR) is 81.3 cm³/mol. The third-order valence-corrected chi connectivity index (χ3v) is 4.34. The molecule has 0 heterocycles. The van der Waals surface area contributed by atoms with E-state index in [-0.39, 0.29) is 5.91 Å². The van der Waals surface area contributed by atoms with Crippen molar-refractivity contribution in [2.45, 2.75) is 19.3 Å². The third kappa shape index (κ3) is 3.39. The van der Waals surface area contributed by atoms with E-state index in [9.17, 15) is 9.59 Å². The number of rotatable bonds is 3. The van der Waals surface area contributed by atoms with Gasteiger partial charge in [0.15, 0.2) is 0 Å². The largest absolute Gasteiger partial charge is 0.481 e. The lowest BCUT2D eigenvalue weighted by Gasteiger charge is -2.16. The molecule has 1 aromatic rings. The number of hydrogen-bond donors (Lipinski definition) is 2. The van der Waals surface area contributed by atoms with Crippen LogP contribution in [0.5, 0.6) is 0 Å². The molecule has 0 aliphatic heterocycles. The van der Waals surface area contributed by atoms with Crippen molar-refractivity contribution < 1.29 is 14.7 Å². The molecule has 2 rings (SSSR count). The molecule has 19 heavy (non-hydrogen) atoms. The second-order valence-electron chi connectivity index (χ2n) is 4.60. The Morgan fingerprint density at radius 1 is 1.32 bits per heavy atom. The van der Waals surface area contributed by atoms with Crippen LogP contribution in [0.25, 0.3) is 0 Å². The first-order chi connectivity index (χ1) is 8.99. The number of aliphatic carboxylic acids is 1. The van der Waals surface area contributed by atoms with Crippen LogP contribution in [-0.2, 0) is 9.59 Å². The maximum Gasteiger partial charge on any atom is 0.307 e. The fourth-order valence-electron chi connectivity index (χ4n) is 2.39. The average Bonchev–Trinajstić information content (AvgIpc) is 2.82. The number of halogens is 2. The van der Waals surface area contributed by atoms with E-state index in [1.54, 1.807) is 12.1 Å². The Morgan fingerprint density at radius 2 is 2.00 bits per heavy atom. The van der Waals surface area contributed by atoms with Gasteiger partial charge in [0.25, 0.3) is 0 Å². The van der Waals surface area contributed by atoms with Gasteiger partial charge in [-0.3, -0.25) is 9.59 Å². The zero-order valence-corrected chi connectivity index (χ0v) is 12.9. The molecule has 1 aliphatic rings. The number of amides is 1. The molecule has 1 fully saturated rings. The van der Waals surface area contributed by atoms with Crippen molar-refractivity contribution in [3.63, 3.8) is 0 Å². The van der Waals surface area contributed by atoms with Gasteiger partial charge in [-0.15, -0.1) is 0 Å². The molecule has 4 nitrogen and oxygen atoms in total. The van der Waals surface area contributed by atoms with Gasteiger partial charge in [0.1, 0.15) is 0 Å². The first-order valence-electron chi connectivity index (χ1n) is 5.98. The summed E-state index contributed by atoms with van der Waals surface area (Å²) in [6, 6.07) is 5.32. The lowest BCUT2D eigenvalue weighted by molar-refractivity contribution is -0.145. The second kappa shape index (κ2) is 6.09. The maximum absolute atomic E-state index is 12.1. The molecule has 102 valence electrons. The Morgan fingerprint density at radius 3 is 2.63 bits per heavy atom. The fraction of sp³-hybridized carbons (Fsp3) is 0.385. The summed E-state index contributed by atoms with van der Waals surface area (Å²) in [5, 5.41) is 12.3. The minimum absolute atomic E-state index is 0.256. The SMILES string of the molecule is O=C(O)C1CCCC1C(=O)Nc1ccc(I)cc1Cl. The van der Waals surface area contributed by atoms with E-state index in [1.165, 1.54) is 0 Å². The zero-order chi connectivity index (χ0) is 14.0. The first kappa shape index (κ1) is 14.6. The smallest absolute Gasteiger partial charge is 0.307 e. The highest BCUT2D eigenvalue weighted by atomic mass is 127. The van der Waals surface area contributed by atoms with Crippen molar-refractivity contribution in [3.05, 3.63) is 26.8 Å². The number of carbonyl (C=O) groups is 2. The number of nitrogens with one attached hydrogen (secondary N) is 1. The van der Waals surface area contributed by atoms with E-state index in [1.807, 2.05) is 6.07 Å². The summed E-state index contributed by atoms with van der Waals surface area (Å²) in [4.78, 5) is 23.2. The molecular formula is C13H13ClINO3. The van der Waals surface area contributed by atoms with Crippen molar-refractivity contribution in [2.24, 2.45) is 11.8 Å². The van der Waals surface area contributed by atoms with E-state index in [0.29, 0.717) is 23.6 Å². The molecule has 6 heteroatoms. The van der Waals surface area contributed by atoms with Gasteiger partial charge in [-0.25, -0.2) is 0 Å². The Kier molecular flexibility index (Phi) is 4.67. The van der Waals surface area contributed by atoms with Crippen LogP contribution < -0.4 is 5.32 Å². The van der Waals surface area contributed by atoms with Gasteiger partial charge in [-0.05, 0) is 53.6 Å². The zero-order valence-electron chi connectivity index (χ0n) is 10.0. The highest BCUT2D eigenvalue weighted by molar-refractivity contribution is 14.1. The molecule has 1 amide bonds. The van der Waals surface area contributed by atoms with E-state index in [2.05, 4.69) is 27.9 Å². The van der Waals surface area contributed by atoms with Crippen molar-refractivity contribution in [1.82, 2.24) is 0 Å². The molecule has 2 atom stereocenters. The molecule has 0 bridgehead atoms. The Balaban J connectivity index is 2.10. The van der Waals surface area contributed by atoms with Gasteiger partial charge in [0.2, 0.25) is 5.91 Å². The number of anilines is 1. The molecular weight excluding hydrogens is 381 g/mol. The number of carboxylic acid groups (broad SMARTS) is 1. The van der Waals surface area contributed by atoms with Crippen molar-refractivity contribution in [3.8, 4) is 0 Å². The van der Waals surface area contributed by atoms with Crippen LogP contribution >= 0.6 is 34.2 Å². The second-order valence-corrected chi connectivity index (χ2v) is 6.25. The summed E-state index contributed by atoms with van der Waals surface area (Å²) in [6.45, 7) is 0. The van der Waals surface area contributed by atoms with Crippen LogP contribution in [0.4, 0.5) is 5.69 Å². The Hall–Kier alpha value is -0.820. The molecule has 0 saturated heterocycles. The van der Waals surface area contributed by atoms with Gasteiger partial charge >= 0.3 is 5.97 Å². The van der Waals surface area contributed by atoms with Gasteiger partial charge in [-0.1, -0.05) is 18.0 Å². The van der Waals surface area contributed by atoms with E-state index < -0.39 is 17.8 Å². The fourth-order valence-corrected chi connectivity index (χ4v) is 3.29. The van der Waals surface area contributed by atoms with Crippen LogP contribution in [0.2, 0.25) is 5.02 Å². The first-order valence-corrected chi connectivity index (χ1v) is 7.43. The normalized spacial score (nSPS) is 22.2. The van der Waals surface area contributed by atoms with Crippen LogP contribution in [0.1, 0.15) is 19.3 Å². The van der Waals surface area contributed by atoms with Crippen molar-refractivity contribution in [2.75, 3.05) is 5.32 Å². The maximum atomic E-state index is 12.1. The number of hydrogen-bond acceptors (Lipinski definition) is 2. The lowest BCUT2D eigenvalue weighted by atomic mass is 9.95. The van der Waals surface area contributed by atoms with Crippen molar-refractivity contribution in [1.29, 1.82) is 0 Å². The number of benzene rings is 1. The van der Waals surface area contributed by atoms with Gasteiger partial charge in [0.05, 0.1) is 22.5 Å². The molecule has 2 N–H and O–H groups in total. The minimum Gasteiger partial charge on any atom is -0.481 e. The highest BCUT2D eigenvalue weighted by Crippen LogP contribution is 2.33. The quantitative estimate of drug-likeness (QED) is 0.774. The van der Waals surface area contributed by atoms with E-state index in [4.69, 9.17) is 16.7 Å². The third-order valence-electron chi connectivity index (χ3n) is 3.36. The van der Waals surface area contributed by atoms with Crippen LogP contribution in [0.15, 0.2) is 18.2 Å². The summed E-state index contributed by atoms with van der Waals surface area (Å²) in [5.41, 5.74) is 0.531. The van der Waals surface area contributed by atoms with E-state index in [0.717, 1.165) is 9.99 Å². The Labute approximate surface area is 129 Å². The molecule has 0 aromatic heterocycles. The van der Waals surface area contributed by atoms with Crippen molar-refractivity contribution >= 4 is 51.8 Å². The molecule has 1 aromatic carbocycles. The van der Waals surface area contributed by atoms with Crippen LogP contribution in [0, 0.1) is 15.4 Å². The number of carbonyl (C=O) groups excluding carboxylic acids is 1. The highest BCUT2D eigenvalue weighted by Gasteiger charge is 2.37. The van der Waals surface area contributed by atoms with E-state index >= 15 is 0 Å². The summed E-state index contributed by atoms with van der Waals surface area (Å²) < 4.78 is 0.977. The predicted octanol–water partition coefficient (Wildman–Crippen LogP) is 3.38. The summed E-state index contributed by atoms with van der Waals surface area (Å²) in [5.74, 6) is -2.20. The lowest BCUT2D eigenvalue weighted by Crippen LogP contribution is -2.30. The monoisotopic (exact) mass is 393 g/mol. The summed E-state index contributed by atoms with van der Waals surface area (Å²) in [7, 11) is 0. The molecule has 1 saturated carbocycles. The topological polar surface area (TPSA) is 66.4 Å². The van der Waals surface area contributed by atoms with Gasteiger partial charge in [-0.2, -0.15) is 0 Å². The van der Waals surface area contributed by atoms with Crippen LogP contribution in [-0.4, -0.2) is 17.0 Å². The molecule has 0 radical (unpaired) electrons. The average molecular weight is 394 g/mol. The van der Waals surface area contributed by atoms with Gasteiger partial charge < -0.3 is 10.4 Å². The van der Waals surface area contributed by atoms with Crippen LogP contribution in [0.3, 0.4) is 0 Å². The molecule has 2 unspecified atom stereocenters. The summed E-state index contributed by atoms with van der Waals surface area (Å²) in [6.07, 6.45) is 1.95. The minimum atomic E-state index is -0.897. The Bertz CT molecular complexity index is 521. The van der Waals surface area contributed by atoms with Gasteiger partial charge in [0, 0.05) is 3.57 Å².